The number of aromatic hydroxyl groups is 1. The second kappa shape index (κ2) is 13.6. The van der Waals surface area contributed by atoms with Crippen molar-refractivity contribution in [3.8, 4) is 5.75 Å². The molecule has 2 atom stereocenters. The molecule has 0 bridgehead atoms. The van der Waals surface area contributed by atoms with Gasteiger partial charge in [-0.1, -0.05) is 25.8 Å². The Morgan fingerprint density at radius 1 is 1.14 bits per heavy atom. The molecule has 1 aromatic rings. The van der Waals surface area contributed by atoms with Crippen LogP contribution in [-0.4, -0.2) is 65.7 Å². The number of esters is 1. The number of aryl methyl sites for hydroxylation is 1. The van der Waals surface area contributed by atoms with Crippen molar-refractivity contribution < 1.29 is 33.8 Å². The average molecular weight is 494 g/mol. The van der Waals surface area contributed by atoms with E-state index in [1.807, 2.05) is 6.92 Å². The van der Waals surface area contributed by atoms with Gasteiger partial charge >= 0.3 is 12.1 Å². The summed E-state index contributed by atoms with van der Waals surface area (Å²) in [5, 5.41) is 15.0. The van der Waals surface area contributed by atoms with Gasteiger partial charge in [0.05, 0.1) is 7.11 Å². The van der Waals surface area contributed by atoms with Gasteiger partial charge in [-0.3, -0.25) is 14.4 Å². The van der Waals surface area contributed by atoms with E-state index in [1.165, 1.54) is 25.0 Å². The first-order valence-electron chi connectivity index (χ1n) is 11.7. The molecule has 196 valence electrons. The third-order valence-electron chi connectivity index (χ3n) is 5.12. The molecule has 0 spiro atoms. The van der Waals surface area contributed by atoms with Crippen molar-refractivity contribution in [2.75, 3.05) is 20.2 Å². The van der Waals surface area contributed by atoms with Crippen molar-refractivity contribution in [3.63, 3.8) is 0 Å². The minimum Gasteiger partial charge on any atom is -0.508 e. The van der Waals surface area contributed by atoms with Crippen LogP contribution in [0.5, 0.6) is 5.75 Å². The molecule has 0 saturated carbocycles. The van der Waals surface area contributed by atoms with Crippen LogP contribution in [0, 0.1) is 6.92 Å². The number of nitrogens with one attached hydrogen (secondary N) is 2. The molecule has 0 aromatic heterocycles. The number of carbonyl (C=O) groups excluding carboxylic acids is 4. The summed E-state index contributed by atoms with van der Waals surface area (Å²) in [5.41, 5.74) is 0.235. The monoisotopic (exact) mass is 493 g/mol. The number of phenolic OH excluding ortho intramolecular Hbond substituents is 1. The number of methoxy groups -OCH3 is 1. The van der Waals surface area contributed by atoms with Gasteiger partial charge < -0.3 is 30.1 Å². The molecule has 10 heteroatoms. The van der Waals surface area contributed by atoms with Gasteiger partial charge in [0.25, 0.3) is 0 Å². The van der Waals surface area contributed by atoms with Gasteiger partial charge in [0.1, 0.15) is 30.0 Å². The lowest BCUT2D eigenvalue weighted by atomic mass is 10.00. The van der Waals surface area contributed by atoms with E-state index in [0.29, 0.717) is 17.5 Å². The number of alkyl carbamates (subject to hydrolysis) is 1. The van der Waals surface area contributed by atoms with Gasteiger partial charge in [-0.2, -0.15) is 0 Å². The van der Waals surface area contributed by atoms with E-state index in [-0.39, 0.29) is 18.8 Å². The first kappa shape index (κ1) is 29.7. The van der Waals surface area contributed by atoms with Crippen LogP contribution in [0.4, 0.5) is 4.79 Å². The van der Waals surface area contributed by atoms with E-state index in [4.69, 9.17) is 4.74 Å². The van der Waals surface area contributed by atoms with E-state index in [9.17, 15) is 24.3 Å². The largest absolute Gasteiger partial charge is 0.508 e. The Labute approximate surface area is 207 Å². The van der Waals surface area contributed by atoms with E-state index in [2.05, 4.69) is 15.4 Å². The van der Waals surface area contributed by atoms with Gasteiger partial charge in [-0.15, -0.1) is 0 Å². The second-order valence-corrected chi connectivity index (χ2v) is 9.35. The molecule has 3 N–H and O–H groups in total. The molecule has 35 heavy (non-hydrogen) atoms. The van der Waals surface area contributed by atoms with Crippen molar-refractivity contribution in [1.82, 2.24) is 15.5 Å². The highest BCUT2D eigenvalue weighted by molar-refractivity contribution is 5.93. The van der Waals surface area contributed by atoms with Crippen molar-refractivity contribution in [1.29, 1.82) is 0 Å². The molecule has 1 aromatic carbocycles. The highest BCUT2D eigenvalue weighted by Crippen LogP contribution is 2.27. The zero-order valence-electron chi connectivity index (χ0n) is 21.8. The Balaban J connectivity index is 3.35. The molecule has 3 amide bonds. The summed E-state index contributed by atoms with van der Waals surface area (Å²) in [6, 6.07) is 2.52. The smallest absolute Gasteiger partial charge is 0.408 e. The fraction of sp³-hybridized carbons (Fsp3) is 0.600. The van der Waals surface area contributed by atoms with Crippen LogP contribution in [0.3, 0.4) is 0 Å². The zero-order valence-corrected chi connectivity index (χ0v) is 21.8. The van der Waals surface area contributed by atoms with Gasteiger partial charge in [-0.05, 0) is 64.3 Å². The maximum absolute atomic E-state index is 13.5. The summed E-state index contributed by atoms with van der Waals surface area (Å²) < 4.78 is 9.86. The summed E-state index contributed by atoms with van der Waals surface area (Å²) >= 11 is 0. The van der Waals surface area contributed by atoms with E-state index >= 15 is 0 Å². The molecule has 1 rings (SSSR count). The lowest BCUT2D eigenvalue weighted by molar-refractivity contribution is -0.144. The minimum atomic E-state index is -1.11. The lowest BCUT2D eigenvalue weighted by Crippen LogP contribution is -2.52. The number of unbranched alkanes of at least 4 members (excludes halogenated alkanes) is 2. The number of hydrogen-bond acceptors (Lipinski definition) is 7. The van der Waals surface area contributed by atoms with Crippen molar-refractivity contribution in [2.24, 2.45) is 0 Å². The summed E-state index contributed by atoms with van der Waals surface area (Å²) in [6.07, 6.45) is 1.59. The normalized spacial score (nSPS) is 12.8. The molecular weight excluding hydrogens is 454 g/mol. The molecule has 0 heterocycles. The third kappa shape index (κ3) is 9.84. The Hall–Kier alpha value is -3.30. The van der Waals surface area contributed by atoms with Crippen LogP contribution < -0.4 is 10.6 Å². The number of hydrogen-bond donors (Lipinski definition) is 3. The van der Waals surface area contributed by atoms with Crippen molar-refractivity contribution in [3.05, 3.63) is 29.3 Å². The van der Waals surface area contributed by atoms with E-state index in [1.54, 1.807) is 39.8 Å². The molecule has 0 radical (unpaired) electrons. The van der Waals surface area contributed by atoms with E-state index in [0.717, 1.165) is 12.8 Å². The molecule has 0 saturated heterocycles. The number of carbonyl (C=O) groups is 4. The molecular formula is C25H39N3O7. The highest BCUT2D eigenvalue weighted by atomic mass is 16.6. The summed E-state index contributed by atoms with van der Waals surface area (Å²) in [7, 11) is 1.21. The van der Waals surface area contributed by atoms with Crippen LogP contribution in [0.15, 0.2) is 18.2 Å². The summed E-state index contributed by atoms with van der Waals surface area (Å²) in [6.45, 7) is 10.2. The maximum atomic E-state index is 13.5. The topological polar surface area (TPSA) is 134 Å². The first-order valence-corrected chi connectivity index (χ1v) is 11.7. The SMILES string of the molecule is CCCCCN(C(=O)C(C)NC(=O)OC(C)(C)C)C(C(=O)NCC(=O)OC)c1ccc(O)c(C)c1. The number of rotatable bonds is 11. The van der Waals surface area contributed by atoms with Gasteiger partial charge in [-0.25, -0.2) is 4.79 Å². The molecule has 10 nitrogen and oxygen atoms in total. The Bertz CT molecular complexity index is 896. The average Bonchev–Trinajstić information content (AvgIpc) is 2.77. The number of benzene rings is 1. The van der Waals surface area contributed by atoms with Crippen LogP contribution >= 0.6 is 0 Å². The van der Waals surface area contributed by atoms with E-state index < -0.39 is 41.6 Å². The summed E-state index contributed by atoms with van der Waals surface area (Å²) in [4.78, 5) is 52.1. The van der Waals surface area contributed by atoms with Crippen LogP contribution in [0.25, 0.3) is 0 Å². The third-order valence-corrected chi connectivity index (χ3v) is 5.12. The summed E-state index contributed by atoms with van der Waals surface area (Å²) in [5.74, 6) is -1.67. The number of ether oxygens (including phenoxy) is 2. The maximum Gasteiger partial charge on any atom is 0.408 e. The predicted octanol–water partition coefficient (Wildman–Crippen LogP) is 2.96. The second-order valence-electron chi connectivity index (χ2n) is 9.35. The van der Waals surface area contributed by atoms with Crippen LogP contribution in [0.2, 0.25) is 0 Å². The quantitative estimate of drug-likeness (QED) is 0.319. The Morgan fingerprint density at radius 2 is 1.80 bits per heavy atom. The molecule has 0 aliphatic rings. The Morgan fingerprint density at radius 3 is 2.34 bits per heavy atom. The number of phenols is 1. The van der Waals surface area contributed by atoms with Crippen molar-refractivity contribution >= 4 is 23.9 Å². The standard InChI is InChI=1S/C25H39N3O7/c1-8-9-10-13-28(23(32)17(3)27-24(33)35-25(4,5)6)21(22(31)26-15-20(30)34-7)18-11-12-19(29)16(2)14-18/h11-12,14,17,21,29H,8-10,13,15H2,1-7H3,(H,26,31)(H,27,33). The minimum absolute atomic E-state index is 0.0475. The van der Waals surface area contributed by atoms with Crippen molar-refractivity contribution in [2.45, 2.75) is 78.5 Å². The van der Waals surface area contributed by atoms with Crippen LogP contribution in [-0.2, 0) is 23.9 Å². The molecule has 0 aliphatic carbocycles. The molecule has 0 aliphatic heterocycles. The number of nitrogens with zero attached hydrogens (tertiary/aromatic N) is 1. The van der Waals surface area contributed by atoms with Gasteiger partial charge in [0.2, 0.25) is 11.8 Å². The molecule has 0 fully saturated rings. The van der Waals surface area contributed by atoms with Gasteiger partial charge in [0, 0.05) is 6.54 Å². The predicted molar refractivity (Wildman–Crippen MR) is 131 cm³/mol. The lowest BCUT2D eigenvalue weighted by Gasteiger charge is -2.34. The van der Waals surface area contributed by atoms with Gasteiger partial charge in [0.15, 0.2) is 0 Å². The Kier molecular flexibility index (Phi) is 11.5. The number of amides is 3. The molecule has 2 unspecified atom stereocenters. The van der Waals surface area contributed by atoms with Crippen LogP contribution in [0.1, 0.15) is 71.0 Å². The fourth-order valence-electron chi connectivity index (χ4n) is 3.34. The fourth-order valence-corrected chi connectivity index (χ4v) is 3.34. The first-order chi connectivity index (χ1) is 16.3. The highest BCUT2D eigenvalue weighted by Gasteiger charge is 2.34. The zero-order chi connectivity index (χ0) is 26.8.